The van der Waals surface area contributed by atoms with E-state index in [1.807, 2.05) is 48.5 Å². The van der Waals surface area contributed by atoms with Crippen LogP contribution in [0.2, 0.25) is 0 Å². The molecular formula is C19H17NO2. The van der Waals surface area contributed by atoms with Crippen LogP contribution in [0.5, 0.6) is 5.75 Å². The normalized spacial score (nSPS) is 10.4. The van der Waals surface area contributed by atoms with Crippen LogP contribution in [0.4, 0.5) is 0 Å². The summed E-state index contributed by atoms with van der Waals surface area (Å²) in [5.41, 5.74) is 1.64. The van der Waals surface area contributed by atoms with E-state index in [2.05, 4.69) is 11.4 Å². The van der Waals surface area contributed by atoms with Crippen molar-refractivity contribution in [2.24, 2.45) is 0 Å². The summed E-state index contributed by atoms with van der Waals surface area (Å²) in [7, 11) is 1.65. The Bertz CT molecular complexity index is 797. The molecule has 3 nitrogen and oxygen atoms in total. The molecular weight excluding hydrogens is 274 g/mol. The van der Waals surface area contributed by atoms with Crippen LogP contribution in [0.3, 0.4) is 0 Å². The van der Waals surface area contributed by atoms with E-state index in [4.69, 9.17) is 4.74 Å². The molecule has 0 fully saturated rings. The van der Waals surface area contributed by atoms with Crippen molar-refractivity contribution >= 4 is 16.7 Å². The summed E-state index contributed by atoms with van der Waals surface area (Å²) in [5, 5.41) is 5.19. The lowest BCUT2D eigenvalue weighted by Crippen LogP contribution is -2.23. The number of nitrogens with one attached hydrogen (secondary N) is 1. The highest BCUT2D eigenvalue weighted by atomic mass is 16.5. The van der Waals surface area contributed by atoms with Crippen LogP contribution >= 0.6 is 0 Å². The average Bonchev–Trinajstić information content (AvgIpc) is 2.60. The van der Waals surface area contributed by atoms with Gasteiger partial charge >= 0.3 is 0 Å². The van der Waals surface area contributed by atoms with Gasteiger partial charge in [-0.05, 0) is 29.0 Å². The summed E-state index contributed by atoms with van der Waals surface area (Å²) in [5.74, 6) is 0.697. The maximum atomic E-state index is 12.2. The number of fused-ring (bicyclic) bond motifs is 1. The molecule has 0 atom stereocenters. The molecule has 1 N–H and O–H groups in total. The summed E-state index contributed by atoms with van der Waals surface area (Å²) in [6, 6.07) is 21.3. The minimum Gasteiger partial charge on any atom is -0.496 e. The van der Waals surface area contributed by atoms with Crippen molar-refractivity contribution in [3.05, 3.63) is 77.9 Å². The van der Waals surface area contributed by atoms with E-state index in [0.29, 0.717) is 12.1 Å². The fourth-order valence-electron chi connectivity index (χ4n) is 2.55. The van der Waals surface area contributed by atoms with E-state index in [9.17, 15) is 4.79 Å². The van der Waals surface area contributed by atoms with Crippen LogP contribution in [0.1, 0.15) is 15.9 Å². The monoisotopic (exact) mass is 291 g/mol. The third-order valence-electron chi connectivity index (χ3n) is 3.68. The lowest BCUT2D eigenvalue weighted by Gasteiger charge is -2.13. The Kier molecular flexibility index (Phi) is 4.05. The predicted octanol–water partition coefficient (Wildman–Crippen LogP) is 3.78. The molecule has 0 aliphatic heterocycles. The second-order valence-electron chi connectivity index (χ2n) is 5.02. The maximum Gasteiger partial charge on any atom is 0.251 e. The summed E-state index contributed by atoms with van der Waals surface area (Å²) < 4.78 is 5.44. The first-order valence-electron chi connectivity index (χ1n) is 7.17. The molecule has 0 aromatic heterocycles. The first kappa shape index (κ1) is 14.1. The van der Waals surface area contributed by atoms with Gasteiger partial charge in [-0.15, -0.1) is 0 Å². The zero-order valence-corrected chi connectivity index (χ0v) is 12.4. The standard InChI is InChI=1S/C19H17NO2/c1-22-18-12-11-14-7-5-6-10-16(14)17(18)13-20-19(21)15-8-3-2-4-9-15/h2-12H,13H2,1H3,(H,20,21). The van der Waals surface area contributed by atoms with E-state index in [1.165, 1.54) is 0 Å². The van der Waals surface area contributed by atoms with Crippen LogP contribution in [0, 0.1) is 0 Å². The van der Waals surface area contributed by atoms with E-state index < -0.39 is 0 Å². The maximum absolute atomic E-state index is 12.2. The summed E-state index contributed by atoms with van der Waals surface area (Å²) >= 11 is 0. The minimum absolute atomic E-state index is 0.0874. The van der Waals surface area contributed by atoms with Crippen molar-refractivity contribution in [3.8, 4) is 5.75 Å². The van der Waals surface area contributed by atoms with Gasteiger partial charge in [0.05, 0.1) is 7.11 Å². The molecule has 1 amide bonds. The van der Waals surface area contributed by atoms with Crippen molar-refractivity contribution in [3.63, 3.8) is 0 Å². The second-order valence-corrected chi connectivity index (χ2v) is 5.02. The number of ether oxygens (including phenoxy) is 1. The van der Waals surface area contributed by atoms with E-state index in [1.54, 1.807) is 19.2 Å². The fourth-order valence-corrected chi connectivity index (χ4v) is 2.55. The van der Waals surface area contributed by atoms with Gasteiger partial charge in [0.1, 0.15) is 5.75 Å². The number of hydrogen-bond acceptors (Lipinski definition) is 2. The molecule has 0 saturated carbocycles. The highest BCUT2D eigenvalue weighted by molar-refractivity contribution is 5.94. The number of hydrogen-bond donors (Lipinski definition) is 1. The predicted molar refractivity (Wildman–Crippen MR) is 88.1 cm³/mol. The Morgan fingerprint density at radius 1 is 0.955 bits per heavy atom. The molecule has 0 aliphatic carbocycles. The zero-order valence-electron chi connectivity index (χ0n) is 12.4. The Balaban J connectivity index is 1.88. The minimum atomic E-state index is -0.0874. The van der Waals surface area contributed by atoms with Crippen LogP contribution in [-0.4, -0.2) is 13.0 Å². The van der Waals surface area contributed by atoms with Crippen molar-refractivity contribution < 1.29 is 9.53 Å². The Morgan fingerprint density at radius 3 is 2.45 bits per heavy atom. The fraction of sp³-hybridized carbons (Fsp3) is 0.105. The first-order chi connectivity index (χ1) is 10.8. The molecule has 0 heterocycles. The van der Waals surface area contributed by atoms with Gasteiger partial charge in [-0.1, -0.05) is 48.5 Å². The van der Waals surface area contributed by atoms with Crippen LogP contribution in [0.25, 0.3) is 10.8 Å². The van der Waals surface area contributed by atoms with Gasteiger partial charge in [-0.25, -0.2) is 0 Å². The van der Waals surface area contributed by atoms with Gasteiger partial charge in [-0.3, -0.25) is 4.79 Å². The largest absolute Gasteiger partial charge is 0.496 e. The van der Waals surface area contributed by atoms with Crippen LogP contribution in [0.15, 0.2) is 66.7 Å². The van der Waals surface area contributed by atoms with Crippen molar-refractivity contribution in [1.82, 2.24) is 5.32 Å². The van der Waals surface area contributed by atoms with Gasteiger partial charge < -0.3 is 10.1 Å². The third-order valence-corrected chi connectivity index (χ3v) is 3.68. The summed E-state index contributed by atoms with van der Waals surface area (Å²) in [6.45, 7) is 0.429. The number of carbonyl (C=O) groups is 1. The molecule has 3 aromatic carbocycles. The van der Waals surface area contributed by atoms with Gasteiger partial charge in [0, 0.05) is 17.7 Å². The highest BCUT2D eigenvalue weighted by Gasteiger charge is 2.10. The number of methoxy groups -OCH3 is 1. The molecule has 3 heteroatoms. The van der Waals surface area contributed by atoms with Crippen LogP contribution in [-0.2, 0) is 6.54 Å². The summed E-state index contributed by atoms with van der Waals surface area (Å²) in [6.07, 6.45) is 0. The van der Waals surface area contributed by atoms with Gasteiger partial charge in [0.2, 0.25) is 0 Å². The molecule has 0 radical (unpaired) electrons. The van der Waals surface area contributed by atoms with Gasteiger partial charge in [-0.2, -0.15) is 0 Å². The number of amides is 1. The molecule has 0 bridgehead atoms. The zero-order chi connectivity index (χ0) is 15.4. The number of carbonyl (C=O) groups excluding carboxylic acids is 1. The smallest absolute Gasteiger partial charge is 0.251 e. The number of benzene rings is 3. The number of rotatable bonds is 4. The van der Waals surface area contributed by atoms with Gasteiger partial charge in [0.25, 0.3) is 5.91 Å². The highest BCUT2D eigenvalue weighted by Crippen LogP contribution is 2.27. The quantitative estimate of drug-likeness (QED) is 0.794. The third kappa shape index (κ3) is 2.79. The Labute approximate surface area is 129 Å². The van der Waals surface area contributed by atoms with E-state index in [0.717, 1.165) is 22.1 Å². The van der Waals surface area contributed by atoms with Crippen molar-refractivity contribution in [2.75, 3.05) is 7.11 Å². The van der Waals surface area contributed by atoms with Crippen molar-refractivity contribution in [1.29, 1.82) is 0 Å². The Morgan fingerprint density at radius 2 is 1.68 bits per heavy atom. The molecule has 0 aliphatic rings. The molecule has 0 unspecified atom stereocenters. The molecule has 110 valence electrons. The molecule has 3 aromatic rings. The second kappa shape index (κ2) is 6.31. The molecule has 0 saturated heterocycles. The SMILES string of the molecule is COc1ccc2ccccc2c1CNC(=O)c1ccccc1. The topological polar surface area (TPSA) is 38.3 Å². The van der Waals surface area contributed by atoms with E-state index in [-0.39, 0.29) is 5.91 Å². The lowest BCUT2D eigenvalue weighted by atomic mass is 10.0. The molecule has 22 heavy (non-hydrogen) atoms. The van der Waals surface area contributed by atoms with Crippen molar-refractivity contribution in [2.45, 2.75) is 6.54 Å². The molecule has 3 rings (SSSR count). The average molecular weight is 291 g/mol. The van der Waals surface area contributed by atoms with E-state index >= 15 is 0 Å². The van der Waals surface area contributed by atoms with Crippen LogP contribution < -0.4 is 10.1 Å². The first-order valence-corrected chi connectivity index (χ1v) is 7.17. The Hall–Kier alpha value is -2.81. The van der Waals surface area contributed by atoms with Gasteiger partial charge in [0.15, 0.2) is 0 Å². The lowest BCUT2D eigenvalue weighted by molar-refractivity contribution is 0.0951. The molecule has 0 spiro atoms. The summed E-state index contributed by atoms with van der Waals surface area (Å²) in [4.78, 5) is 12.2.